The van der Waals surface area contributed by atoms with E-state index in [0.29, 0.717) is 36.0 Å². The molecule has 0 radical (unpaired) electrons. The number of aromatic nitrogens is 2. The molecule has 1 saturated heterocycles. The number of amides is 1. The summed E-state index contributed by atoms with van der Waals surface area (Å²) < 4.78 is 25.4. The standard InChI is InChI=1S/C25H29N3O5S/c1-15-12-27-13-19(26-23(27)34-15)22-11-18-20(9-17(30-5)10-21(18)32-22)31-14-16-7-6-8-28(16)24(29)33-25(2,3)4/h9-13,16H,6-8,14H2,1-5H3. The van der Waals surface area contributed by atoms with Crippen molar-refractivity contribution in [1.29, 1.82) is 0 Å². The van der Waals surface area contributed by atoms with Gasteiger partial charge in [0.1, 0.15) is 35.0 Å². The molecular formula is C25H29N3O5S. The predicted octanol–water partition coefficient (Wildman–Crippen LogP) is 5.90. The molecule has 0 N–H and O–H groups in total. The summed E-state index contributed by atoms with van der Waals surface area (Å²) in [4.78, 5) is 21.2. The number of benzene rings is 1. The van der Waals surface area contributed by atoms with Crippen LogP contribution in [0.25, 0.3) is 27.4 Å². The normalized spacial score (nSPS) is 16.5. The van der Waals surface area contributed by atoms with Gasteiger partial charge in [-0.1, -0.05) is 0 Å². The maximum atomic E-state index is 12.6. The third-order valence-corrected chi connectivity index (χ3v) is 6.68. The van der Waals surface area contributed by atoms with Gasteiger partial charge in [-0.25, -0.2) is 9.78 Å². The summed E-state index contributed by atoms with van der Waals surface area (Å²) in [6.07, 6.45) is 5.51. The van der Waals surface area contributed by atoms with E-state index in [0.717, 1.165) is 28.9 Å². The Labute approximate surface area is 202 Å². The Kier molecular flexibility index (Phi) is 5.67. The lowest BCUT2D eigenvalue weighted by Gasteiger charge is -2.28. The fourth-order valence-corrected chi connectivity index (χ4v) is 5.04. The number of methoxy groups -OCH3 is 1. The second-order valence-electron chi connectivity index (χ2n) is 9.59. The van der Waals surface area contributed by atoms with Crippen LogP contribution in [-0.4, -0.2) is 52.3 Å². The first-order valence-electron chi connectivity index (χ1n) is 11.4. The number of aryl methyl sites for hydroxylation is 1. The minimum absolute atomic E-state index is 0.0503. The third kappa shape index (κ3) is 4.44. The summed E-state index contributed by atoms with van der Waals surface area (Å²) in [5.41, 5.74) is 0.893. The fraction of sp³-hybridized carbons (Fsp3) is 0.440. The van der Waals surface area contributed by atoms with E-state index in [9.17, 15) is 4.79 Å². The van der Waals surface area contributed by atoms with Crippen molar-refractivity contribution < 1.29 is 23.4 Å². The number of carbonyl (C=O) groups is 1. The number of nitrogens with zero attached hydrogens (tertiary/aromatic N) is 3. The van der Waals surface area contributed by atoms with E-state index < -0.39 is 5.60 Å². The molecule has 4 aromatic rings. The molecular weight excluding hydrogens is 454 g/mol. The van der Waals surface area contributed by atoms with Gasteiger partial charge in [-0.05, 0) is 46.6 Å². The summed E-state index contributed by atoms with van der Waals surface area (Å²) >= 11 is 1.63. The highest BCUT2D eigenvalue weighted by Gasteiger charge is 2.33. The Hall–Kier alpha value is -3.20. The van der Waals surface area contributed by atoms with Crippen LogP contribution in [0.4, 0.5) is 4.79 Å². The molecule has 1 aliphatic heterocycles. The first-order chi connectivity index (χ1) is 16.2. The molecule has 1 unspecified atom stereocenters. The van der Waals surface area contributed by atoms with Crippen LogP contribution in [0.1, 0.15) is 38.5 Å². The molecule has 1 fully saturated rings. The maximum Gasteiger partial charge on any atom is 0.410 e. The van der Waals surface area contributed by atoms with Gasteiger partial charge in [-0.3, -0.25) is 4.40 Å². The summed E-state index contributed by atoms with van der Waals surface area (Å²) in [6, 6.07) is 5.59. The van der Waals surface area contributed by atoms with Crippen molar-refractivity contribution in [2.45, 2.75) is 52.2 Å². The van der Waals surface area contributed by atoms with E-state index >= 15 is 0 Å². The van der Waals surface area contributed by atoms with Crippen LogP contribution in [0.5, 0.6) is 11.5 Å². The van der Waals surface area contributed by atoms with Crippen molar-refractivity contribution in [2.24, 2.45) is 0 Å². The van der Waals surface area contributed by atoms with Crippen molar-refractivity contribution in [2.75, 3.05) is 20.3 Å². The highest BCUT2D eigenvalue weighted by molar-refractivity contribution is 7.17. The number of hydrogen-bond acceptors (Lipinski definition) is 7. The number of furan rings is 1. The van der Waals surface area contributed by atoms with E-state index in [4.69, 9.17) is 23.6 Å². The number of carbonyl (C=O) groups excluding carboxylic acids is 1. The van der Waals surface area contributed by atoms with Crippen LogP contribution in [-0.2, 0) is 4.74 Å². The van der Waals surface area contributed by atoms with Crippen molar-refractivity contribution in [3.05, 3.63) is 35.5 Å². The van der Waals surface area contributed by atoms with Gasteiger partial charge in [0.2, 0.25) is 0 Å². The zero-order chi connectivity index (χ0) is 24.0. The number of fused-ring (bicyclic) bond motifs is 2. The molecule has 4 heterocycles. The van der Waals surface area contributed by atoms with Crippen LogP contribution in [0.15, 0.2) is 35.0 Å². The van der Waals surface area contributed by atoms with E-state index in [1.54, 1.807) is 23.3 Å². The van der Waals surface area contributed by atoms with Gasteiger partial charge < -0.3 is 23.5 Å². The van der Waals surface area contributed by atoms with Gasteiger partial charge in [0, 0.05) is 35.9 Å². The van der Waals surface area contributed by atoms with Crippen molar-refractivity contribution in [1.82, 2.24) is 14.3 Å². The molecule has 1 aliphatic rings. The molecule has 34 heavy (non-hydrogen) atoms. The molecule has 1 atom stereocenters. The molecule has 5 rings (SSSR count). The average molecular weight is 484 g/mol. The van der Waals surface area contributed by atoms with Gasteiger partial charge >= 0.3 is 6.09 Å². The highest BCUT2D eigenvalue weighted by atomic mass is 32.1. The number of imidazole rings is 1. The van der Waals surface area contributed by atoms with E-state index in [2.05, 4.69) is 13.1 Å². The number of rotatable bonds is 5. The summed E-state index contributed by atoms with van der Waals surface area (Å²) in [5.74, 6) is 1.95. The Bertz CT molecular complexity index is 1310. The smallest absolute Gasteiger partial charge is 0.410 e. The number of thiazole rings is 1. The monoisotopic (exact) mass is 483 g/mol. The maximum absolute atomic E-state index is 12.6. The first-order valence-corrected chi connectivity index (χ1v) is 12.2. The van der Waals surface area contributed by atoms with Gasteiger partial charge in [-0.2, -0.15) is 0 Å². The fourth-order valence-electron chi connectivity index (χ4n) is 4.23. The molecule has 1 amide bonds. The third-order valence-electron chi connectivity index (χ3n) is 5.77. The lowest BCUT2D eigenvalue weighted by Crippen LogP contribution is -2.42. The van der Waals surface area contributed by atoms with E-state index in [-0.39, 0.29) is 12.1 Å². The van der Waals surface area contributed by atoms with Crippen LogP contribution >= 0.6 is 11.3 Å². The predicted molar refractivity (Wildman–Crippen MR) is 131 cm³/mol. The Morgan fingerprint density at radius 1 is 1.26 bits per heavy atom. The second kappa shape index (κ2) is 8.54. The topological polar surface area (TPSA) is 78.4 Å². The molecule has 0 bridgehead atoms. The molecule has 1 aromatic carbocycles. The quantitative estimate of drug-likeness (QED) is 0.351. The van der Waals surface area contributed by atoms with Gasteiger partial charge in [0.25, 0.3) is 0 Å². The van der Waals surface area contributed by atoms with Crippen molar-refractivity contribution in [3.63, 3.8) is 0 Å². The highest BCUT2D eigenvalue weighted by Crippen LogP contribution is 2.37. The molecule has 8 nitrogen and oxygen atoms in total. The summed E-state index contributed by atoms with van der Waals surface area (Å²) in [6.45, 7) is 8.72. The summed E-state index contributed by atoms with van der Waals surface area (Å²) in [7, 11) is 1.61. The second-order valence-corrected chi connectivity index (χ2v) is 10.8. The Balaban J connectivity index is 1.40. The molecule has 0 aliphatic carbocycles. The Morgan fingerprint density at radius 3 is 2.82 bits per heavy atom. The Morgan fingerprint density at radius 2 is 2.09 bits per heavy atom. The van der Waals surface area contributed by atoms with Crippen LogP contribution < -0.4 is 9.47 Å². The lowest BCUT2D eigenvalue weighted by atomic mass is 10.2. The number of likely N-dealkylation sites (tertiary alicyclic amines) is 1. The molecule has 0 spiro atoms. The van der Waals surface area contributed by atoms with E-state index in [1.165, 1.54) is 4.88 Å². The van der Waals surface area contributed by atoms with Crippen LogP contribution in [0.3, 0.4) is 0 Å². The largest absolute Gasteiger partial charge is 0.496 e. The van der Waals surface area contributed by atoms with Gasteiger partial charge in [0.05, 0.1) is 18.5 Å². The number of ether oxygens (including phenoxy) is 3. The molecule has 9 heteroatoms. The van der Waals surface area contributed by atoms with Crippen LogP contribution in [0.2, 0.25) is 0 Å². The molecule has 0 saturated carbocycles. The molecule has 180 valence electrons. The minimum atomic E-state index is -0.530. The zero-order valence-corrected chi connectivity index (χ0v) is 20.9. The van der Waals surface area contributed by atoms with Crippen LogP contribution in [0, 0.1) is 6.92 Å². The number of hydrogen-bond donors (Lipinski definition) is 0. The van der Waals surface area contributed by atoms with Crippen molar-refractivity contribution >= 4 is 33.4 Å². The van der Waals surface area contributed by atoms with Crippen molar-refractivity contribution in [3.8, 4) is 23.0 Å². The zero-order valence-electron chi connectivity index (χ0n) is 20.1. The van der Waals surface area contributed by atoms with Gasteiger partial charge in [0.15, 0.2) is 10.7 Å². The summed E-state index contributed by atoms with van der Waals surface area (Å²) in [5, 5.41) is 0.838. The lowest BCUT2D eigenvalue weighted by molar-refractivity contribution is 0.0188. The SMILES string of the molecule is COc1cc(OCC2CCCN2C(=O)OC(C)(C)C)c2cc(-c3cn4cc(C)sc4n3)oc2c1. The minimum Gasteiger partial charge on any atom is -0.496 e. The first kappa shape index (κ1) is 22.6. The van der Waals surface area contributed by atoms with Gasteiger partial charge in [-0.15, -0.1) is 11.3 Å². The van der Waals surface area contributed by atoms with E-state index in [1.807, 2.05) is 49.6 Å². The average Bonchev–Trinajstić information content (AvgIpc) is 3.52. The molecule has 3 aromatic heterocycles.